The zero-order valence-corrected chi connectivity index (χ0v) is 22.8. The van der Waals surface area contributed by atoms with Crippen LogP contribution in [0.3, 0.4) is 0 Å². The van der Waals surface area contributed by atoms with Gasteiger partial charge in [0.15, 0.2) is 0 Å². The maximum Gasteiger partial charge on any atom is 0.0720 e. The standard InChI is InChI=1S/C38H27N3/c1-3-4-14-30-25(2)40(36-24-39-23-28-13-7-8-15-31(28)36)35-21-20-33-32-16-9-10-17-34(32)41(38(33)37(30)35)29-19-18-26-11-5-6-12-27(26)22-29/h3-24H,1H2,2H3/b14-4-. The number of pyridine rings is 1. The number of aromatic nitrogens is 3. The summed E-state index contributed by atoms with van der Waals surface area (Å²) in [4.78, 5) is 4.64. The second-order valence-corrected chi connectivity index (χ2v) is 10.5. The van der Waals surface area contributed by atoms with E-state index in [9.17, 15) is 0 Å². The maximum atomic E-state index is 4.64. The first-order valence-corrected chi connectivity index (χ1v) is 13.9. The van der Waals surface area contributed by atoms with Crippen molar-refractivity contribution in [1.29, 1.82) is 0 Å². The molecule has 8 aromatic rings. The van der Waals surface area contributed by atoms with Crippen molar-refractivity contribution < 1.29 is 0 Å². The molecule has 0 bridgehead atoms. The topological polar surface area (TPSA) is 22.8 Å². The van der Waals surface area contributed by atoms with Crippen LogP contribution in [-0.4, -0.2) is 14.1 Å². The van der Waals surface area contributed by atoms with Crippen LogP contribution in [0, 0.1) is 6.92 Å². The Hall–Kier alpha value is -5.41. The Labute approximate surface area is 237 Å². The first-order valence-electron chi connectivity index (χ1n) is 13.9. The second kappa shape index (κ2) is 9.07. The first-order chi connectivity index (χ1) is 20.2. The fraction of sp³-hybridized carbons (Fsp3) is 0.0263. The third-order valence-corrected chi connectivity index (χ3v) is 8.33. The molecular weight excluding hydrogens is 498 g/mol. The predicted octanol–water partition coefficient (Wildman–Crippen LogP) is 9.94. The van der Waals surface area contributed by atoms with Crippen LogP contribution in [0.15, 0.2) is 134 Å². The molecule has 0 aliphatic rings. The molecule has 0 radical (unpaired) electrons. The van der Waals surface area contributed by atoms with Gasteiger partial charge in [-0.25, -0.2) is 0 Å². The Morgan fingerprint density at radius 1 is 0.659 bits per heavy atom. The van der Waals surface area contributed by atoms with Gasteiger partial charge >= 0.3 is 0 Å². The van der Waals surface area contributed by atoms with Crippen molar-refractivity contribution in [3.63, 3.8) is 0 Å². The average Bonchev–Trinajstić information content (AvgIpc) is 3.50. The van der Waals surface area contributed by atoms with Gasteiger partial charge in [-0.05, 0) is 42.0 Å². The summed E-state index contributed by atoms with van der Waals surface area (Å²) in [6, 6.07) is 37.1. The number of benzene rings is 5. The molecule has 0 unspecified atom stereocenters. The third kappa shape index (κ3) is 3.42. The molecule has 0 spiro atoms. The molecule has 0 saturated heterocycles. The lowest BCUT2D eigenvalue weighted by atomic mass is 10.1. The molecular formula is C38H27N3. The van der Waals surface area contributed by atoms with Gasteiger partial charge in [0.05, 0.1) is 28.4 Å². The zero-order valence-electron chi connectivity index (χ0n) is 22.8. The summed E-state index contributed by atoms with van der Waals surface area (Å²) in [6.07, 6.45) is 10.0. The van der Waals surface area contributed by atoms with E-state index in [1.807, 2.05) is 24.5 Å². The summed E-state index contributed by atoms with van der Waals surface area (Å²) in [5, 5.41) is 8.47. The summed E-state index contributed by atoms with van der Waals surface area (Å²) in [5.41, 5.74) is 8.14. The summed E-state index contributed by atoms with van der Waals surface area (Å²) >= 11 is 0. The van der Waals surface area contributed by atoms with E-state index in [-0.39, 0.29) is 0 Å². The first kappa shape index (κ1) is 23.5. The maximum absolute atomic E-state index is 4.64. The molecule has 0 saturated carbocycles. The van der Waals surface area contributed by atoms with Crippen LogP contribution in [0.2, 0.25) is 0 Å². The van der Waals surface area contributed by atoms with Crippen LogP contribution in [0.4, 0.5) is 0 Å². The van der Waals surface area contributed by atoms with Crippen LogP contribution in [0.5, 0.6) is 0 Å². The van der Waals surface area contributed by atoms with Gasteiger partial charge in [0.2, 0.25) is 0 Å². The van der Waals surface area contributed by atoms with Crippen molar-refractivity contribution in [1.82, 2.24) is 14.1 Å². The van der Waals surface area contributed by atoms with Crippen molar-refractivity contribution >= 4 is 60.3 Å². The molecule has 5 aromatic carbocycles. The van der Waals surface area contributed by atoms with E-state index >= 15 is 0 Å². The minimum Gasteiger partial charge on any atom is -0.311 e. The summed E-state index contributed by atoms with van der Waals surface area (Å²) in [5.74, 6) is 0. The van der Waals surface area contributed by atoms with E-state index in [1.54, 1.807) is 0 Å². The smallest absolute Gasteiger partial charge is 0.0720 e. The van der Waals surface area contributed by atoms with Crippen molar-refractivity contribution in [2.24, 2.45) is 0 Å². The van der Waals surface area contributed by atoms with Crippen molar-refractivity contribution in [3.05, 3.63) is 146 Å². The van der Waals surface area contributed by atoms with E-state index in [0.29, 0.717) is 0 Å². The largest absolute Gasteiger partial charge is 0.311 e. The molecule has 3 heterocycles. The monoisotopic (exact) mass is 525 g/mol. The number of nitrogens with zero attached hydrogens (tertiary/aromatic N) is 3. The summed E-state index contributed by atoms with van der Waals surface area (Å²) in [7, 11) is 0. The molecule has 0 fully saturated rings. The van der Waals surface area contributed by atoms with Crippen LogP contribution >= 0.6 is 0 Å². The van der Waals surface area contributed by atoms with Crippen LogP contribution in [-0.2, 0) is 0 Å². The number of rotatable bonds is 4. The normalized spacial score (nSPS) is 12.0. The van der Waals surface area contributed by atoms with Gasteiger partial charge in [-0.15, -0.1) is 0 Å². The van der Waals surface area contributed by atoms with Crippen molar-refractivity contribution in [2.45, 2.75) is 6.92 Å². The van der Waals surface area contributed by atoms with E-state index in [2.05, 4.69) is 137 Å². The van der Waals surface area contributed by atoms with E-state index in [4.69, 9.17) is 0 Å². The molecule has 0 N–H and O–H groups in total. The molecule has 0 aliphatic heterocycles. The zero-order chi connectivity index (χ0) is 27.5. The number of fused-ring (bicyclic) bond motifs is 7. The van der Waals surface area contributed by atoms with Crippen molar-refractivity contribution in [2.75, 3.05) is 0 Å². The Bertz CT molecular complexity index is 2340. The van der Waals surface area contributed by atoms with Crippen LogP contribution in [0.25, 0.3) is 71.7 Å². The average molecular weight is 526 g/mol. The molecule has 41 heavy (non-hydrogen) atoms. The number of hydrogen-bond donors (Lipinski definition) is 0. The highest BCUT2D eigenvalue weighted by molar-refractivity contribution is 6.21. The minimum absolute atomic E-state index is 1.08. The van der Waals surface area contributed by atoms with Gasteiger partial charge in [0.25, 0.3) is 0 Å². The van der Waals surface area contributed by atoms with Gasteiger partial charge < -0.3 is 9.13 Å². The van der Waals surface area contributed by atoms with E-state index in [0.717, 1.165) is 22.3 Å². The molecule has 0 aliphatic carbocycles. The second-order valence-electron chi connectivity index (χ2n) is 10.5. The van der Waals surface area contributed by atoms with Gasteiger partial charge in [-0.3, -0.25) is 4.98 Å². The summed E-state index contributed by atoms with van der Waals surface area (Å²) < 4.78 is 4.81. The number of hydrogen-bond acceptors (Lipinski definition) is 1. The molecule has 0 amide bonds. The highest BCUT2D eigenvalue weighted by atomic mass is 15.0. The molecule has 0 atom stereocenters. The SMILES string of the molecule is C=C/C=C\c1c(C)n(-c2cncc3ccccc23)c2ccc3c4ccccc4n(-c4ccc5ccccc5c4)c3c12. The fourth-order valence-electron chi connectivity index (χ4n) is 6.52. The molecule has 3 heteroatoms. The molecule has 3 aromatic heterocycles. The number of allylic oxidation sites excluding steroid dienone is 2. The quantitative estimate of drug-likeness (QED) is 0.210. The van der Waals surface area contributed by atoms with Gasteiger partial charge in [-0.1, -0.05) is 104 Å². The van der Waals surface area contributed by atoms with Gasteiger partial charge in [0, 0.05) is 50.1 Å². The lowest BCUT2D eigenvalue weighted by molar-refractivity contribution is 1.05. The highest BCUT2D eigenvalue weighted by Crippen LogP contribution is 2.42. The molecule has 8 rings (SSSR count). The predicted molar refractivity (Wildman–Crippen MR) is 174 cm³/mol. The Balaban J connectivity index is 1.58. The lowest BCUT2D eigenvalue weighted by Gasteiger charge is -2.12. The van der Waals surface area contributed by atoms with Crippen LogP contribution < -0.4 is 0 Å². The summed E-state index contributed by atoms with van der Waals surface area (Å²) in [6.45, 7) is 6.18. The minimum atomic E-state index is 1.08. The van der Waals surface area contributed by atoms with Crippen LogP contribution in [0.1, 0.15) is 11.3 Å². The Morgan fingerprint density at radius 2 is 1.41 bits per heavy atom. The van der Waals surface area contributed by atoms with Gasteiger partial charge in [0.1, 0.15) is 0 Å². The Kier molecular flexibility index (Phi) is 5.19. The van der Waals surface area contributed by atoms with E-state index in [1.165, 1.54) is 54.6 Å². The van der Waals surface area contributed by atoms with E-state index < -0.39 is 0 Å². The Morgan fingerprint density at radius 3 is 2.27 bits per heavy atom. The third-order valence-electron chi connectivity index (χ3n) is 8.33. The number of para-hydroxylation sites is 1. The molecule has 194 valence electrons. The van der Waals surface area contributed by atoms with Crippen molar-refractivity contribution in [3.8, 4) is 11.4 Å². The highest BCUT2D eigenvalue weighted by Gasteiger charge is 2.22. The lowest BCUT2D eigenvalue weighted by Crippen LogP contribution is -1.99. The van der Waals surface area contributed by atoms with Gasteiger partial charge in [-0.2, -0.15) is 0 Å². The molecule has 3 nitrogen and oxygen atoms in total. The fourth-order valence-corrected chi connectivity index (χ4v) is 6.52.